The van der Waals surface area contributed by atoms with Crippen molar-refractivity contribution in [3.63, 3.8) is 0 Å². The molecule has 0 spiro atoms. The molecule has 0 saturated carbocycles. The third kappa shape index (κ3) is 4.40. The van der Waals surface area contributed by atoms with E-state index in [1.54, 1.807) is 0 Å². The van der Waals surface area contributed by atoms with Gasteiger partial charge < -0.3 is 0 Å². The van der Waals surface area contributed by atoms with Crippen molar-refractivity contribution in [2.24, 2.45) is 0 Å². The highest BCUT2D eigenvalue weighted by molar-refractivity contribution is 6.43. The molecule has 0 saturated heterocycles. The summed E-state index contributed by atoms with van der Waals surface area (Å²) in [5.41, 5.74) is 10.0. The van der Waals surface area contributed by atoms with E-state index in [-0.39, 0.29) is 0 Å². The van der Waals surface area contributed by atoms with Gasteiger partial charge in [0.1, 0.15) is 0 Å². The van der Waals surface area contributed by atoms with E-state index in [1.165, 1.54) is 131 Å². The van der Waals surface area contributed by atoms with Crippen molar-refractivity contribution in [2.75, 3.05) is 0 Å². The Kier molecular flexibility index (Phi) is 6.54. The minimum absolute atomic E-state index is 1.23. The normalized spacial score (nSPS) is 12.1. The Morgan fingerprint density at radius 1 is 0.172 bits per heavy atom. The third-order valence-electron chi connectivity index (χ3n) is 12.8. The summed E-state index contributed by atoms with van der Waals surface area (Å²) in [7, 11) is 0. The molecule has 13 aromatic carbocycles. The maximum Gasteiger partial charge on any atom is -0.000719 e. The molecule has 0 aromatic heterocycles. The summed E-state index contributed by atoms with van der Waals surface area (Å²) in [6, 6.07) is 77.1. The Morgan fingerprint density at radius 3 is 1.17 bits per heavy atom. The van der Waals surface area contributed by atoms with Crippen LogP contribution in [0.1, 0.15) is 0 Å². The van der Waals surface area contributed by atoms with Crippen LogP contribution in [0.25, 0.3) is 131 Å². The van der Waals surface area contributed by atoms with Crippen molar-refractivity contribution in [2.45, 2.75) is 0 Å². The lowest BCUT2D eigenvalue weighted by molar-refractivity contribution is 1.65. The van der Waals surface area contributed by atoms with Gasteiger partial charge in [-0.05, 0) is 173 Å². The van der Waals surface area contributed by atoms with Crippen LogP contribution < -0.4 is 0 Å². The maximum atomic E-state index is 2.55. The highest BCUT2D eigenvalue weighted by atomic mass is 14.3. The highest BCUT2D eigenvalue weighted by Gasteiger charge is 2.26. The second kappa shape index (κ2) is 12.0. The van der Waals surface area contributed by atoms with E-state index in [9.17, 15) is 0 Å². The van der Waals surface area contributed by atoms with Crippen LogP contribution in [0.2, 0.25) is 0 Å². The number of hydrogen-bond donors (Lipinski definition) is 0. The summed E-state index contributed by atoms with van der Waals surface area (Å²) < 4.78 is 0. The second-order valence-electron chi connectivity index (χ2n) is 15.9. The highest BCUT2D eigenvalue weighted by Crippen LogP contribution is 2.54. The van der Waals surface area contributed by atoms with Crippen LogP contribution in [-0.2, 0) is 0 Å². The molecule has 0 N–H and O–H groups in total. The van der Waals surface area contributed by atoms with Crippen LogP contribution in [0, 0.1) is 0 Å². The zero-order valence-corrected chi connectivity index (χ0v) is 31.6. The summed E-state index contributed by atoms with van der Waals surface area (Å²) in [6.07, 6.45) is 0. The lowest BCUT2D eigenvalue weighted by atomic mass is 9.85. The van der Waals surface area contributed by atoms with Gasteiger partial charge >= 0.3 is 0 Å². The first-order chi connectivity index (χ1) is 28.8. The Bertz CT molecular complexity index is 3730. The zero-order valence-electron chi connectivity index (χ0n) is 31.6. The molecule has 0 unspecified atom stereocenters. The van der Waals surface area contributed by atoms with Crippen LogP contribution in [0.3, 0.4) is 0 Å². The molecule has 0 nitrogen and oxygen atoms in total. The van der Waals surface area contributed by atoms with Gasteiger partial charge in [-0.3, -0.25) is 0 Å². The van der Waals surface area contributed by atoms with Crippen LogP contribution in [0.5, 0.6) is 0 Å². The van der Waals surface area contributed by atoms with Gasteiger partial charge in [0, 0.05) is 0 Å². The van der Waals surface area contributed by atoms with Crippen LogP contribution in [0.4, 0.5) is 0 Å². The van der Waals surface area contributed by atoms with Crippen LogP contribution >= 0.6 is 0 Å². The first kappa shape index (κ1) is 31.6. The van der Waals surface area contributed by atoms with Gasteiger partial charge in [0.05, 0.1) is 0 Å². The second-order valence-corrected chi connectivity index (χ2v) is 15.9. The molecule has 266 valence electrons. The van der Waals surface area contributed by atoms with E-state index in [1.807, 2.05) is 0 Å². The van der Waals surface area contributed by atoms with Crippen molar-refractivity contribution in [1.29, 1.82) is 0 Å². The average Bonchev–Trinajstić information content (AvgIpc) is 3.78. The van der Waals surface area contributed by atoms with Gasteiger partial charge in [-0.25, -0.2) is 0 Å². The molecule has 13 rings (SSSR count). The quantitative estimate of drug-likeness (QED) is 0.158. The fourth-order valence-electron chi connectivity index (χ4n) is 10.4. The largest absolute Gasteiger partial charge is 0.0622 e. The first-order valence-corrected chi connectivity index (χ1v) is 20.3. The average molecular weight is 731 g/mol. The van der Waals surface area contributed by atoms with E-state index in [2.05, 4.69) is 206 Å². The smallest absolute Gasteiger partial charge is 0.000719 e. The first-order valence-electron chi connectivity index (χ1n) is 20.3. The number of fused-ring (bicyclic) bond motifs is 9. The van der Waals surface area contributed by atoms with Gasteiger partial charge in [-0.1, -0.05) is 164 Å². The van der Waals surface area contributed by atoms with Crippen LogP contribution in [-0.4, -0.2) is 0 Å². The van der Waals surface area contributed by atoms with Gasteiger partial charge in [0.15, 0.2) is 0 Å². The Labute approximate surface area is 335 Å². The molecule has 0 amide bonds. The number of benzene rings is 11. The fourth-order valence-corrected chi connectivity index (χ4v) is 10.4. The fraction of sp³-hybridized carbons (Fsp3) is 0. The summed E-state index contributed by atoms with van der Waals surface area (Å²) in [4.78, 5) is 0. The minimum Gasteiger partial charge on any atom is -0.0622 e. The molecule has 0 bridgehead atoms. The molecule has 0 aliphatic rings. The molecular formula is C58H34. The Morgan fingerprint density at radius 2 is 0.621 bits per heavy atom. The van der Waals surface area contributed by atoms with E-state index in [0.717, 1.165) is 0 Å². The summed E-state index contributed by atoms with van der Waals surface area (Å²) in [5, 5.41) is 20.9. The number of hydrogen-bond acceptors (Lipinski definition) is 0. The predicted octanol–water partition coefficient (Wildman–Crippen LogP) is 16.5. The van der Waals surface area contributed by atoms with Crippen molar-refractivity contribution < 1.29 is 0 Å². The van der Waals surface area contributed by atoms with E-state index in [4.69, 9.17) is 0 Å². The standard InChI is InChI=1S/C58H34/c1-5-16-35(17-6-1)40-28-42-29-41(36-18-7-2-8-19-36)32-49-47-34-51-50(33-46(47)48(31-40)53(42)49)54(37-20-9-3-10-21-37)57-45-27-15-26-44-43-25-14-13-24-39(43)30-52(56(44)45)58(57)55(51)38-22-11-4-12-23-38/h1-34H. The topological polar surface area (TPSA) is 0 Å². The summed E-state index contributed by atoms with van der Waals surface area (Å²) in [6.45, 7) is 0. The molecule has 0 atom stereocenters. The minimum atomic E-state index is 1.23. The summed E-state index contributed by atoms with van der Waals surface area (Å²) in [5.74, 6) is 0. The Balaban J connectivity index is 1.30. The monoisotopic (exact) mass is 730 g/mol. The molecule has 0 aliphatic carbocycles. The lowest BCUT2D eigenvalue weighted by Crippen LogP contribution is -1.90. The van der Waals surface area contributed by atoms with Crippen molar-refractivity contribution >= 4 is 86.2 Å². The molecule has 0 aliphatic heterocycles. The van der Waals surface area contributed by atoms with Crippen molar-refractivity contribution in [3.8, 4) is 44.5 Å². The van der Waals surface area contributed by atoms with E-state index < -0.39 is 0 Å². The SMILES string of the molecule is c1ccc(-c2cc3cc(-c4ccccc4)cc4c5cc6c(-c7ccccc7)c7c8cc9ccccc9c9cccc(c7c(-c7ccccc7)c6cc5c(c2)c34)c98)cc1. The lowest BCUT2D eigenvalue weighted by Gasteiger charge is -2.17. The Hall–Kier alpha value is -7.54. The molecule has 58 heavy (non-hydrogen) atoms. The maximum absolute atomic E-state index is 2.55. The molecule has 0 heterocycles. The third-order valence-corrected chi connectivity index (χ3v) is 12.8. The van der Waals surface area contributed by atoms with Crippen molar-refractivity contribution in [1.82, 2.24) is 0 Å². The molecule has 0 heteroatoms. The van der Waals surface area contributed by atoms with E-state index >= 15 is 0 Å². The molecule has 13 aromatic rings. The predicted molar refractivity (Wildman–Crippen MR) is 251 cm³/mol. The molecular weight excluding hydrogens is 697 g/mol. The van der Waals surface area contributed by atoms with Gasteiger partial charge in [0.2, 0.25) is 0 Å². The van der Waals surface area contributed by atoms with Gasteiger partial charge in [-0.15, -0.1) is 0 Å². The van der Waals surface area contributed by atoms with Gasteiger partial charge in [-0.2, -0.15) is 0 Å². The number of rotatable bonds is 4. The van der Waals surface area contributed by atoms with Crippen molar-refractivity contribution in [3.05, 3.63) is 206 Å². The summed E-state index contributed by atoms with van der Waals surface area (Å²) >= 11 is 0. The molecule has 0 radical (unpaired) electrons. The molecule has 0 fully saturated rings. The zero-order chi connectivity index (χ0) is 37.9. The van der Waals surface area contributed by atoms with Gasteiger partial charge in [0.25, 0.3) is 0 Å². The van der Waals surface area contributed by atoms with E-state index in [0.29, 0.717) is 0 Å². The van der Waals surface area contributed by atoms with Crippen LogP contribution in [0.15, 0.2) is 206 Å².